The second kappa shape index (κ2) is 3.94. The predicted molar refractivity (Wildman–Crippen MR) is 40.7 cm³/mol. The Morgan fingerprint density at radius 3 is 2.75 bits per heavy atom. The molecule has 0 spiro atoms. The van der Waals surface area contributed by atoms with Crippen molar-refractivity contribution in [2.45, 2.75) is 13.3 Å². The number of halogens is 2. The van der Waals surface area contributed by atoms with Gasteiger partial charge < -0.3 is 5.32 Å². The van der Waals surface area contributed by atoms with Crippen molar-refractivity contribution in [3.05, 3.63) is 18.1 Å². The minimum Gasteiger partial charge on any atom is -0.370 e. The van der Waals surface area contributed by atoms with Crippen LogP contribution in [0.3, 0.4) is 0 Å². The number of nitrogens with zero attached hydrogens (tertiary/aromatic N) is 2. The van der Waals surface area contributed by atoms with E-state index < -0.39 is 12.0 Å². The van der Waals surface area contributed by atoms with Crippen LogP contribution in [0.25, 0.3) is 0 Å². The summed E-state index contributed by atoms with van der Waals surface area (Å²) in [6, 6.07) is 1.05. The van der Waals surface area contributed by atoms with Crippen LogP contribution in [-0.4, -0.2) is 16.5 Å². The fraction of sp³-hybridized carbons (Fsp3) is 0.429. The van der Waals surface area contributed by atoms with Gasteiger partial charge in [-0.25, -0.2) is 0 Å². The van der Waals surface area contributed by atoms with Crippen LogP contribution in [0.4, 0.5) is 14.6 Å². The Morgan fingerprint density at radius 1 is 1.42 bits per heavy atom. The van der Waals surface area contributed by atoms with Crippen LogP contribution in [0.1, 0.15) is 13.3 Å². The van der Waals surface area contributed by atoms with Gasteiger partial charge in [0.15, 0.2) is 0 Å². The van der Waals surface area contributed by atoms with E-state index in [0.29, 0.717) is 6.54 Å². The van der Waals surface area contributed by atoms with E-state index >= 15 is 0 Å². The molecule has 1 aromatic rings. The molecule has 1 heterocycles. The molecule has 1 rings (SSSR count). The normalized spacial score (nSPS) is 9.92. The highest BCUT2D eigenvalue weighted by Crippen LogP contribution is 2.04. The third-order valence-electron chi connectivity index (χ3n) is 1.22. The lowest BCUT2D eigenvalue weighted by Gasteiger charge is -2.01. The molecule has 0 unspecified atom stereocenters. The van der Waals surface area contributed by atoms with E-state index in [4.69, 9.17) is 0 Å². The van der Waals surface area contributed by atoms with E-state index in [2.05, 4.69) is 15.3 Å². The summed E-state index contributed by atoms with van der Waals surface area (Å²) in [7, 11) is 0. The van der Waals surface area contributed by atoms with Gasteiger partial charge in [0, 0.05) is 12.6 Å². The first-order chi connectivity index (χ1) is 5.72. The summed E-state index contributed by atoms with van der Waals surface area (Å²) in [5.41, 5.74) is 0. The van der Waals surface area contributed by atoms with E-state index in [-0.39, 0.29) is 5.82 Å². The van der Waals surface area contributed by atoms with Crippen molar-refractivity contribution < 1.29 is 8.78 Å². The van der Waals surface area contributed by atoms with Gasteiger partial charge in [0.2, 0.25) is 5.95 Å². The Labute approximate surface area is 68.8 Å². The molecule has 3 nitrogen and oxygen atoms in total. The number of rotatable bonds is 3. The van der Waals surface area contributed by atoms with Crippen LogP contribution in [0.15, 0.2) is 6.07 Å². The molecule has 1 N–H and O–H groups in total. The monoisotopic (exact) mass is 173 g/mol. The zero-order chi connectivity index (χ0) is 8.97. The molecule has 66 valence electrons. The van der Waals surface area contributed by atoms with Crippen molar-refractivity contribution >= 4 is 5.82 Å². The Kier molecular flexibility index (Phi) is 2.90. The van der Waals surface area contributed by atoms with Gasteiger partial charge in [-0.15, -0.1) is 0 Å². The molecule has 0 atom stereocenters. The summed E-state index contributed by atoms with van der Waals surface area (Å²) in [6.45, 7) is 2.58. The molecule has 0 amide bonds. The second-order valence-corrected chi connectivity index (χ2v) is 2.27. The van der Waals surface area contributed by atoms with E-state index in [9.17, 15) is 8.78 Å². The van der Waals surface area contributed by atoms with Gasteiger partial charge in [-0.2, -0.15) is 18.7 Å². The molecule has 0 bridgehead atoms. The first kappa shape index (κ1) is 8.83. The Hall–Kier alpha value is -1.26. The third-order valence-corrected chi connectivity index (χ3v) is 1.22. The van der Waals surface area contributed by atoms with Gasteiger partial charge in [0.1, 0.15) is 5.82 Å². The lowest BCUT2D eigenvalue weighted by Crippen LogP contribution is -2.05. The van der Waals surface area contributed by atoms with Crippen LogP contribution in [-0.2, 0) is 0 Å². The van der Waals surface area contributed by atoms with Crippen molar-refractivity contribution in [3.63, 3.8) is 0 Å². The van der Waals surface area contributed by atoms with Gasteiger partial charge in [0.05, 0.1) is 0 Å². The number of aromatic nitrogens is 2. The minimum atomic E-state index is -1.05. The Balaban J connectivity index is 2.72. The van der Waals surface area contributed by atoms with Crippen LogP contribution in [0.5, 0.6) is 0 Å². The van der Waals surface area contributed by atoms with E-state index in [1.54, 1.807) is 0 Å². The summed E-state index contributed by atoms with van der Waals surface area (Å²) < 4.78 is 24.8. The number of nitrogens with one attached hydrogen (secondary N) is 1. The number of hydrogen-bond acceptors (Lipinski definition) is 3. The van der Waals surface area contributed by atoms with Gasteiger partial charge >= 0.3 is 6.08 Å². The van der Waals surface area contributed by atoms with Crippen molar-refractivity contribution in [1.29, 1.82) is 0 Å². The fourth-order valence-electron chi connectivity index (χ4n) is 0.734. The highest BCUT2D eigenvalue weighted by molar-refractivity contribution is 5.31. The third kappa shape index (κ3) is 2.41. The molecule has 0 radical (unpaired) electrons. The maximum atomic E-state index is 12.4. The summed E-state index contributed by atoms with van der Waals surface area (Å²) in [6.07, 6.45) is -0.179. The lowest BCUT2D eigenvalue weighted by molar-refractivity contribution is 0.484. The van der Waals surface area contributed by atoms with Gasteiger partial charge in [0.25, 0.3) is 0 Å². The molecular formula is C7H9F2N3. The number of hydrogen-bond donors (Lipinski definition) is 1. The fourth-order valence-corrected chi connectivity index (χ4v) is 0.734. The lowest BCUT2D eigenvalue weighted by atomic mass is 10.4. The van der Waals surface area contributed by atoms with Gasteiger partial charge in [-0.1, -0.05) is 6.92 Å². The molecule has 0 saturated carbocycles. The molecule has 0 saturated heterocycles. The van der Waals surface area contributed by atoms with E-state index in [0.717, 1.165) is 12.5 Å². The van der Waals surface area contributed by atoms with Crippen LogP contribution < -0.4 is 5.32 Å². The second-order valence-electron chi connectivity index (χ2n) is 2.27. The number of anilines is 1. The predicted octanol–water partition coefficient (Wildman–Crippen LogP) is 1.58. The molecule has 5 heteroatoms. The van der Waals surface area contributed by atoms with E-state index in [1.165, 1.54) is 0 Å². The van der Waals surface area contributed by atoms with Crippen molar-refractivity contribution in [3.8, 4) is 0 Å². The SMILES string of the molecule is CCCNc1cc(F)nc(F)n1. The first-order valence-electron chi connectivity index (χ1n) is 3.66. The molecule has 0 aliphatic heterocycles. The Bertz CT molecular complexity index is 245. The van der Waals surface area contributed by atoms with Gasteiger partial charge in [-0.3, -0.25) is 0 Å². The summed E-state index contributed by atoms with van der Waals surface area (Å²) in [5, 5.41) is 2.74. The van der Waals surface area contributed by atoms with Gasteiger partial charge in [-0.05, 0) is 6.42 Å². The minimum absolute atomic E-state index is 0.182. The first-order valence-corrected chi connectivity index (χ1v) is 3.66. The molecule has 0 aliphatic rings. The smallest absolute Gasteiger partial charge is 0.313 e. The van der Waals surface area contributed by atoms with Crippen LogP contribution in [0.2, 0.25) is 0 Å². The average Bonchev–Trinajstić information content (AvgIpc) is 1.99. The highest BCUT2D eigenvalue weighted by atomic mass is 19.1. The quantitative estimate of drug-likeness (QED) is 0.557. The average molecular weight is 173 g/mol. The zero-order valence-corrected chi connectivity index (χ0v) is 6.64. The van der Waals surface area contributed by atoms with Crippen molar-refractivity contribution in [2.24, 2.45) is 0 Å². The molecule has 1 aromatic heterocycles. The van der Waals surface area contributed by atoms with E-state index in [1.807, 2.05) is 6.92 Å². The van der Waals surface area contributed by atoms with Crippen LogP contribution >= 0.6 is 0 Å². The van der Waals surface area contributed by atoms with Crippen molar-refractivity contribution in [1.82, 2.24) is 9.97 Å². The molecule has 0 fully saturated rings. The largest absolute Gasteiger partial charge is 0.370 e. The zero-order valence-electron chi connectivity index (χ0n) is 6.64. The Morgan fingerprint density at radius 2 is 2.17 bits per heavy atom. The molecule has 12 heavy (non-hydrogen) atoms. The summed E-state index contributed by atoms with van der Waals surface area (Å²) >= 11 is 0. The molecule has 0 aliphatic carbocycles. The maximum absolute atomic E-state index is 12.4. The van der Waals surface area contributed by atoms with Crippen molar-refractivity contribution in [2.75, 3.05) is 11.9 Å². The maximum Gasteiger partial charge on any atom is 0.313 e. The summed E-state index contributed by atoms with van der Waals surface area (Å²) in [4.78, 5) is 6.20. The highest BCUT2D eigenvalue weighted by Gasteiger charge is 2.01. The molecule has 0 aromatic carbocycles. The standard InChI is InChI=1S/C7H9F2N3/c1-2-3-10-6-4-5(8)11-7(9)12-6/h4H,2-3H2,1H3,(H,10,11,12). The van der Waals surface area contributed by atoms with Crippen LogP contribution in [0, 0.1) is 12.0 Å². The summed E-state index contributed by atoms with van der Waals surface area (Å²) in [5.74, 6) is -0.678. The topological polar surface area (TPSA) is 37.8 Å². The molecular weight excluding hydrogens is 164 g/mol.